The lowest BCUT2D eigenvalue weighted by Crippen LogP contribution is -2.32. The summed E-state index contributed by atoms with van der Waals surface area (Å²) in [5.74, 6) is -0.690. The van der Waals surface area contributed by atoms with Crippen LogP contribution in [0.25, 0.3) is 11.1 Å². The van der Waals surface area contributed by atoms with E-state index in [1.165, 1.54) is 0 Å². The highest BCUT2D eigenvalue weighted by Crippen LogP contribution is 2.19. The fourth-order valence-corrected chi connectivity index (χ4v) is 2.20. The van der Waals surface area contributed by atoms with Crippen molar-refractivity contribution in [3.8, 4) is 0 Å². The van der Waals surface area contributed by atoms with E-state index in [1.54, 1.807) is 30.3 Å². The molecule has 3 aromatic rings. The van der Waals surface area contributed by atoms with Gasteiger partial charge in [-0.05, 0) is 41.9 Å². The summed E-state index contributed by atoms with van der Waals surface area (Å²) in [6.07, 6.45) is 0. The number of anilines is 1. The predicted molar refractivity (Wildman–Crippen MR) is 86.4 cm³/mol. The minimum atomic E-state index is -0.380. The zero-order valence-electron chi connectivity index (χ0n) is 11.9. The number of hydrogen-bond acceptors (Lipinski definition) is 4. The average molecular weight is 330 g/mol. The van der Waals surface area contributed by atoms with E-state index in [1.807, 2.05) is 18.2 Å². The Morgan fingerprint density at radius 3 is 2.70 bits per heavy atom. The number of aromatic nitrogens is 1. The Morgan fingerprint density at radius 2 is 1.91 bits per heavy atom. The van der Waals surface area contributed by atoms with Crippen molar-refractivity contribution in [2.24, 2.45) is 0 Å². The summed E-state index contributed by atoms with van der Waals surface area (Å²) in [6, 6.07) is 13.7. The second-order valence-corrected chi connectivity index (χ2v) is 5.07. The number of rotatable bonds is 4. The van der Waals surface area contributed by atoms with Crippen LogP contribution in [0.15, 0.2) is 52.9 Å². The third-order valence-electron chi connectivity index (χ3n) is 3.09. The molecule has 0 radical (unpaired) electrons. The normalized spacial score (nSPS) is 10.5. The second kappa shape index (κ2) is 6.50. The maximum atomic E-state index is 12.1. The zero-order chi connectivity index (χ0) is 16.2. The summed E-state index contributed by atoms with van der Waals surface area (Å²) in [7, 11) is 0. The van der Waals surface area contributed by atoms with E-state index in [9.17, 15) is 9.59 Å². The SMILES string of the molecule is O=C(CNC(=O)c1ccc2oc(Cl)nc2c1)Nc1ccccc1. The molecule has 0 saturated heterocycles. The van der Waals surface area contributed by atoms with E-state index >= 15 is 0 Å². The number of halogens is 1. The molecule has 0 atom stereocenters. The maximum absolute atomic E-state index is 12.1. The van der Waals surface area contributed by atoms with Crippen LogP contribution in [0.5, 0.6) is 0 Å². The van der Waals surface area contributed by atoms with Crippen molar-refractivity contribution < 1.29 is 14.0 Å². The molecule has 0 fully saturated rings. The van der Waals surface area contributed by atoms with Gasteiger partial charge in [0.25, 0.3) is 11.3 Å². The minimum absolute atomic E-state index is 0.0137. The average Bonchev–Trinajstić information content (AvgIpc) is 2.92. The molecule has 2 aromatic carbocycles. The number of carbonyl (C=O) groups is 2. The molecule has 1 heterocycles. The largest absolute Gasteiger partial charge is 0.428 e. The molecular formula is C16H12ClN3O3. The van der Waals surface area contributed by atoms with Crippen molar-refractivity contribution in [2.45, 2.75) is 0 Å². The first-order valence-electron chi connectivity index (χ1n) is 6.81. The summed E-state index contributed by atoms with van der Waals surface area (Å²) < 4.78 is 5.13. The number of oxazole rings is 1. The minimum Gasteiger partial charge on any atom is -0.428 e. The molecular weight excluding hydrogens is 318 g/mol. The van der Waals surface area contributed by atoms with Gasteiger partial charge in [0.1, 0.15) is 5.52 Å². The zero-order valence-corrected chi connectivity index (χ0v) is 12.6. The molecule has 6 nitrogen and oxygen atoms in total. The number of amides is 2. The van der Waals surface area contributed by atoms with E-state index in [0.717, 1.165) is 0 Å². The van der Waals surface area contributed by atoms with Crippen molar-refractivity contribution in [2.75, 3.05) is 11.9 Å². The molecule has 0 saturated carbocycles. The third-order valence-corrected chi connectivity index (χ3v) is 3.25. The maximum Gasteiger partial charge on any atom is 0.293 e. The van der Waals surface area contributed by atoms with Gasteiger partial charge in [0, 0.05) is 11.3 Å². The predicted octanol–water partition coefficient (Wildman–Crippen LogP) is 2.85. The van der Waals surface area contributed by atoms with Gasteiger partial charge in [-0.3, -0.25) is 9.59 Å². The lowest BCUT2D eigenvalue weighted by molar-refractivity contribution is -0.115. The number of nitrogens with zero attached hydrogens (tertiary/aromatic N) is 1. The number of benzene rings is 2. The van der Waals surface area contributed by atoms with Gasteiger partial charge in [0.05, 0.1) is 6.54 Å². The van der Waals surface area contributed by atoms with Gasteiger partial charge >= 0.3 is 0 Å². The molecule has 3 rings (SSSR count). The molecule has 0 bridgehead atoms. The first kappa shape index (κ1) is 15.1. The standard InChI is InChI=1S/C16H12ClN3O3/c17-16-20-12-8-10(6-7-13(12)23-16)15(22)18-9-14(21)19-11-4-2-1-3-5-11/h1-8H,9H2,(H,18,22)(H,19,21). The van der Waals surface area contributed by atoms with Crippen molar-refractivity contribution >= 4 is 40.2 Å². The lowest BCUT2D eigenvalue weighted by atomic mass is 10.2. The molecule has 0 aliphatic heterocycles. The van der Waals surface area contributed by atoms with Gasteiger partial charge in [-0.2, -0.15) is 4.98 Å². The Balaban J connectivity index is 1.60. The fourth-order valence-electron chi connectivity index (χ4n) is 2.03. The van der Waals surface area contributed by atoms with Crippen LogP contribution in [-0.4, -0.2) is 23.3 Å². The molecule has 2 amide bonds. The van der Waals surface area contributed by atoms with Gasteiger partial charge in [-0.15, -0.1) is 0 Å². The number of hydrogen-bond donors (Lipinski definition) is 2. The first-order valence-corrected chi connectivity index (χ1v) is 7.19. The van der Waals surface area contributed by atoms with Crippen LogP contribution in [0.3, 0.4) is 0 Å². The van der Waals surface area contributed by atoms with Gasteiger partial charge in [-0.1, -0.05) is 18.2 Å². The Kier molecular flexibility index (Phi) is 4.25. The van der Waals surface area contributed by atoms with E-state index < -0.39 is 0 Å². The third kappa shape index (κ3) is 3.67. The number of carbonyl (C=O) groups excluding carboxylic acids is 2. The van der Waals surface area contributed by atoms with Crippen LogP contribution in [-0.2, 0) is 4.79 Å². The fraction of sp³-hybridized carbons (Fsp3) is 0.0625. The molecule has 7 heteroatoms. The van der Waals surface area contributed by atoms with Crippen LogP contribution in [0, 0.1) is 0 Å². The molecule has 0 unspecified atom stereocenters. The number of fused-ring (bicyclic) bond motifs is 1. The quantitative estimate of drug-likeness (QED) is 0.771. The topological polar surface area (TPSA) is 84.2 Å². The molecule has 2 N–H and O–H groups in total. The molecule has 23 heavy (non-hydrogen) atoms. The van der Waals surface area contributed by atoms with Crippen molar-refractivity contribution in [1.29, 1.82) is 0 Å². The smallest absolute Gasteiger partial charge is 0.293 e. The number of para-hydroxylation sites is 1. The summed E-state index contributed by atoms with van der Waals surface area (Å²) in [5.41, 5.74) is 2.02. The van der Waals surface area contributed by atoms with Gasteiger partial charge in [0.2, 0.25) is 5.91 Å². The summed E-state index contributed by atoms with van der Waals surface area (Å²) >= 11 is 5.66. The lowest BCUT2D eigenvalue weighted by Gasteiger charge is -2.06. The van der Waals surface area contributed by atoms with Crippen molar-refractivity contribution in [3.63, 3.8) is 0 Å². The van der Waals surface area contributed by atoms with Crippen LogP contribution in [0.1, 0.15) is 10.4 Å². The Bertz CT molecular complexity index is 861. The monoisotopic (exact) mass is 329 g/mol. The summed E-state index contributed by atoms with van der Waals surface area (Å²) in [4.78, 5) is 27.8. The second-order valence-electron chi connectivity index (χ2n) is 4.75. The highest BCUT2D eigenvalue weighted by Gasteiger charge is 2.11. The van der Waals surface area contributed by atoms with Crippen molar-refractivity contribution in [1.82, 2.24) is 10.3 Å². The molecule has 0 spiro atoms. The van der Waals surface area contributed by atoms with Crippen molar-refractivity contribution in [3.05, 3.63) is 59.4 Å². The van der Waals surface area contributed by atoms with Gasteiger partial charge in [-0.25, -0.2) is 0 Å². The van der Waals surface area contributed by atoms with Crippen LogP contribution in [0.2, 0.25) is 5.35 Å². The summed E-state index contributed by atoms with van der Waals surface area (Å²) in [5, 5.41) is 5.25. The van der Waals surface area contributed by atoms with Gasteiger partial charge < -0.3 is 15.1 Å². The molecule has 1 aromatic heterocycles. The van der Waals surface area contributed by atoms with Crippen LogP contribution >= 0.6 is 11.6 Å². The number of nitrogens with one attached hydrogen (secondary N) is 2. The Morgan fingerprint density at radius 1 is 1.13 bits per heavy atom. The van der Waals surface area contributed by atoms with Gasteiger partial charge in [0.15, 0.2) is 5.58 Å². The molecule has 0 aliphatic rings. The Hall–Kier alpha value is -2.86. The highest BCUT2D eigenvalue weighted by atomic mass is 35.5. The highest BCUT2D eigenvalue weighted by molar-refractivity contribution is 6.28. The van der Waals surface area contributed by atoms with E-state index in [4.69, 9.17) is 16.0 Å². The van der Waals surface area contributed by atoms with Crippen LogP contribution < -0.4 is 10.6 Å². The van der Waals surface area contributed by atoms with E-state index in [-0.39, 0.29) is 23.7 Å². The van der Waals surface area contributed by atoms with E-state index in [0.29, 0.717) is 22.4 Å². The molecule has 116 valence electrons. The summed E-state index contributed by atoms with van der Waals surface area (Å²) in [6.45, 7) is -0.134. The van der Waals surface area contributed by atoms with Crippen LogP contribution in [0.4, 0.5) is 5.69 Å². The molecule has 0 aliphatic carbocycles. The van der Waals surface area contributed by atoms with E-state index in [2.05, 4.69) is 15.6 Å². The first-order chi connectivity index (χ1) is 11.1. The Labute approximate surface area is 136 Å².